The van der Waals surface area contributed by atoms with Crippen molar-refractivity contribution in [3.63, 3.8) is 0 Å². The van der Waals surface area contributed by atoms with Gasteiger partial charge in [0, 0.05) is 93.0 Å². The zero-order valence-electron chi connectivity index (χ0n) is 20.8. The SMILES string of the molecule is Cc1cncc(CN2CCN(c3ccc(-c4cc(-c5cnn(C)c5)cn5ncc(C#N)c45)cn3)CC2)n1. The zero-order valence-corrected chi connectivity index (χ0v) is 20.8. The molecule has 0 amide bonds. The van der Waals surface area contributed by atoms with Crippen molar-refractivity contribution in [3.8, 4) is 28.3 Å². The van der Waals surface area contributed by atoms with Crippen LogP contribution in [0.3, 0.4) is 0 Å². The van der Waals surface area contributed by atoms with E-state index in [0.29, 0.717) is 5.56 Å². The second-order valence-electron chi connectivity index (χ2n) is 9.33. The Morgan fingerprint density at radius 1 is 0.919 bits per heavy atom. The minimum atomic E-state index is 0.534. The fraction of sp³-hybridized carbons (Fsp3) is 0.259. The van der Waals surface area contributed by atoms with Crippen molar-refractivity contribution >= 4 is 11.3 Å². The van der Waals surface area contributed by atoms with E-state index < -0.39 is 0 Å². The van der Waals surface area contributed by atoms with E-state index in [-0.39, 0.29) is 0 Å². The van der Waals surface area contributed by atoms with Gasteiger partial charge in [0.2, 0.25) is 0 Å². The average molecular weight is 491 g/mol. The highest BCUT2D eigenvalue weighted by molar-refractivity contribution is 5.87. The van der Waals surface area contributed by atoms with Crippen molar-refractivity contribution in [2.24, 2.45) is 7.05 Å². The summed E-state index contributed by atoms with van der Waals surface area (Å²) in [5.74, 6) is 0.951. The van der Waals surface area contributed by atoms with E-state index >= 15 is 0 Å². The van der Waals surface area contributed by atoms with Crippen LogP contribution >= 0.6 is 0 Å². The van der Waals surface area contributed by atoms with E-state index in [1.807, 2.05) is 45.0 Å². The molecular formula is C27H26N10. The van der Waals surface area contributed by atoms with Crippen LogP contribution in [0.5, 0.6) is 0 Å². The van der Waals surface area contributed by atoms with E-state index in [4.69, 9.17) is 4.98 Å². The lowest BCUT2D eigenvalue weighted by Gasteiger charge is -2.35. The van der Waals surface area contributed by atoms with Gasteiger partial charge in [-0.25, -0.2) is 9.50 Å². The molecule has 0 N–H and O–H groups in total. The lowest BCUT2D eigenvalue weighted by atomic mass is 10.0. The molecule has 10 nitrogen and oxygen atoms in total. The van der Waals surface area contributed by atoms with Gasteiger partial charge in [-0.05, 0) is 25.1 Å². The van der Waals surface area contributed by atoms with Crippen molar-refractivity contribution in [1.82, 2.24) is 39.2 Å². The molecule has 1 aliphatic rings. The van der Waals surface area contributed by atoms with Crippen LogP contribution in [-0.2, 0) is 13.6 Å². The highest BCUT2D eigenvalue weighted by atomic mass is 15.3. The molecule has 0 saturated carbocycles. The Morgan fingerprint density at radius 2 is 1.78 bits per heavy atom. The summed E-state index contributed by atoms with van der Waals surface area (Å²) in [6.07, 6.45) is 12.8. The molecule has 0 unspecified atom stereocenters. The molecule has 0 aliphatic carbocycles. The molecule has 0 atom stereocenters. The summed E-state index contributed by atoms with van der Waals surface area (Å²) in [6.45, 7) is 6.45. The molecule has 1 aliphatic heterocycles. The van der Waals surface area contributed by atoms with Crippen LogP contribution in [0.15, 0.2) is 61.6 Å². The molecule has 0 aromatic carbocycles. The molecule has 6 heterocycles. The van der Waals surface area contributed by atoms with Gasteiger partial charge >= 0.3 is 0 Å². The number of rotatable bonds is 5. The van der Waals surface area contributed by atoms with Crippen LogP contribution in [0.1, 0.15) is 17.0 Å². The lowest BCUT2D eigenvalue weighted by Crippen LogP contribution is -2.46. The highest BCUT2D eigenvalue weighted by Crippen LogP contribution is 2.32. The second-order valence-corrected chi connectivity index (χ2v) is 9.33. The van der Waals surface area contributed by atoms with Crippen molar-refractivity contribution in [3.05, 3.63) is 78.5 Å². The van der Waals surface area contributed by atoms with E-state index in [9.17, 15) is 5.26 Å². The van der Waals surface area contributed by atoms with Gasteiger partial charge in [0.15, 0.2) is 0 Å². The van der Waals surface area contributed by atoms with Crippen LogP contribution in [0.25, 0.3) is 27.8 Å². The summed E-state index contributed by atoms with van der Waals surface area (Å²) >= 11 is 0. The number of nitriles is 1. The fourth-order valence-corrected chi connectivity index (χ4v) is 4.84. The maximum Gasteiger partial charge on any atom is 0.128 e. The van der Waals surface area contributed by atoms with Crippen molar-refractivity contribution in [1.29, 1.82) is 5.26 Å². The molecule has 0 spiro atoms. The number of fused-ring (bicyclic) bond motifs is 1. The number of hydrogen-bond acceptors (Lipinski definition) is 8. The number of pyridine rings is 2. The van der Waals surface area contributed by atoms with Crippen molar-refractivity contribution < 1.29 is 0 Å². The summed E-state index contributed by atoms with van der Waals surface area (Å²) in [5.41, 5.74) is 7.07. The monoisotopic (exact) mass is 490 g/mol. The maximum atomic E-state index is 9.68. The Morgan fingerprint density at radius 3 is 2.49 bits per heavy atom. The van der Waals surface area contributed by atoms with Gasteiger partial charge in [-0.1, -0.05) is 0 Å². The summed E-state index contributed by atoms with van der Waals surface area (Å²) in [4.78, 5) is 18.4. The molecule has 5 aromatic heterocycles. The molecule has 5 aromatic rings. The van der Waals surface area contributed by atoms with Crippen LogP contribution in [0, 0.1) is 18.3 Å². The largest absolute Gasteiger partial charge is 0.354 e. The highest BCUT2D eigenvalue weighted by Gasteiger charge is 2.20. The molecule has 37 heavy (non-hydrogen) atoms. The Balaban J connectivity index is 1.23. The minimum Gasteiger partial charge on any atom is -0.354 e. The third kappa shape index (κ3) is 4.52. The van der Waals surface area contributed by atoms with Crippen LogP contribution in [0.4, 0.5) is 5.82 Å². The maximum absolute atomic E-state index is 9.68. The Bertz CT molecular complexity index is 1600. The Labute approximate surface area is 214 Å². The van der Waals surface area contributed by atoms with Gasteiger partial charge in [-0.15, -0.1) is 0 Å². The van der Waals surface area contributed by atoms with Crippen LogP contribution in [-0.4, -0.2) is 65.4 Å². The van der Waals surface area contributed by atoms with E-state index in [0.717, 1.165) is 77.7 Å². The molecule has 0 radical (unpaired) electrons. The first-order valence-corrected chi connectivity index (χ1v) is 12.2. The predicted molar refractivity (Wildman–Crippen MR) is 140 cm³/mol. The smallest absolute Gasteiger partial charge is 0.128 e. The Hall–Kier alpha value is -4.62. The standard InChI is InChI=1S/C27H26N10/c1-19-11-29-15-24(33-19)18-35-5-7-36(8-6-35)26-4-3-20(12-30-26)25-9-21(23-14-31-34(2)16-23)17-37-27(25)22(10-28)13-32-37/h3-4,9,11-17H,5-8,18H2,1-2H3. The summed E-state index contributed by atoms with van der Waals surface area (Å²) in [5, 5.41) is 18.4. The minimum absolute atomic E-state index is 0.534. The van der Waals surface area contributed by atoms with Gasteiger partial charge < -0.3 is 4.90 Å². The van der Waals surface area contributed by atoms with E-state index in [1.54, 1.807) is 21.6 Å². The lowest BCUT2D eigenvalue weighted by molar-refractivity contribution is 0.246. The zero-order chi connectivity index (χ0) is 25.4. The number of nitrogens with zero attached hydrogens (tertiary/aromatic N) is 10. The molecule has 184 valence electrons. The van der Waals surface area contributed by atoms with Gasteiger partial charge in [0.25, 0.3) is 0 Å². The predicted octanol–water partition coefficient (Wildman–Crippen LogP) is 3.09. The number of anilines is 1. The van der Waals surface area contributed by atoms with E-state index in [1.165, 1.54) is 0 Å². The normalized spacial score (nSPS) is 14.2. The summed E-state index contributed by atoms with van der Waals surface area (Å²) in [7, 11) is 1.89. The summed E-state index contributed by atoms with van der Waals surface area (Å²) in [6, 6.07) is 8.49. The van der Waals surface area contributed by atoms with Crippen molar-refractivity contribution in [2.75, 3.05) is 31.1 Å². The van der Waals surface area contributed by atoms with Gasteiger partial charge in [-0.3, -0.25) is 19.5 Å². The van der Waals surface area contributed by atoms with Gasteiger partial charge in [-0.2, -0.15) is 15.5 Å². The van der Waals surface area contributed by atoms with Crippen LogP contribution < -0.4 is 4.90 Å². The van der Waals surface area contributed by atoms with Crippen LogP contribution in [0.2, 0.25) is 0 Å². The number of hydrogen-bond donors (Lipinski definition) is 0. The number of aryl methyl sites for hydroxylation is 2. The third-order valence-corrected chi connectivity index (χ3v) is 6.72. The van der Waals surface area contributed by atoms with E-state index in [2.05, 4.69) is 54.2 Å². The fourth-order valence-electron chi connectivity index (χ4n) is 4.84. The van der Waals surface area contributed by atoms with Gasteiger partial charge in [0.05, 0.1) is 34.9 Å². The Kier molecular flexibility index (Phi) is 5.82. The third-order valence-electron chi connectivity index (χ3n) is 6.72. The first-order valence-electron chi connectivity index (χ1n) is 12.2. The van der Waals surface area contributed by atoms with Gasteiger partial charge in [0.1, 0.15) is 11.9 Å². The topological polar surface area (TPSA) is 104 Å². The number of aromatic nitrogens is 7. The second kappa shape index (κ2) is 9.44. The molecule has 1 fully saturated rings. The quantitative estimate of drug-likeness (QED) is 0.370. The summed E-state index contributed by atoms with van der Waals surface area (Å²) < 4.78 is 3.54. The molecule has 10 heteroatoms. The van der Waals surface area contributed by atoms with Crippen molar-refractivity contribution in [2.45, 2.75) is 13.5 Å². The first kappa shape index (κ1) is 22.8. The molecule has 0 bridgehead atoms. The molecule has 1 saturated heterocycles. The molecular weight excluding hydrogens is 464 g/mol. The number of piperazine rings is 1. The molecule has 6 rings (SSSR count). The first-order chi connectivity index (χ1) is 18.1. The average Bonchev–Trinajstić information content (AvgIpc) is 3.55.